The number of hydrogen-bond acceptors (Lipinski definition) is 9. The van der Waals surface area contributed by atoms with E-state index < -0.39 is 56.0 Å². The van der Waals surface area contributed by atoms with E-state index in [0.29, 0.717) is 23.6 Å². The Morgan fingerprint density at radius 3 is 2.41 bits per heavy atom. The molecule has 0 radical (unpaired) electrons. The topological polar surface area (TPSA) is 119 Å². The Bertz CT molecular complexity index is 1400. The molecule has 0 unspecified atom stereocenters. The molecule has 8 nitrogen and oxygen atoms in total. The van der Waals surface area contributed by atoms with Crippen molar-refractivity contribution < 1.29 is 39.5 Å². The summed E-state index contributed by atoms with van der Waals surface area (Å²) in [6.45, 7) is 0. The molecular weight excluding hydrogens is 537 g/mol. The highest BCUT2D eigenvalue weighted by Gasteiger charge is 2.34. The number of sulfonamides is 1. The number of ether oxygens (including phenoxy) is 1. The maximum absolute atomic E-state index is 12.8. The number of halogens is 4. The van der Waals surface area contributed by atoms with Gasteiger partial charge in [0.05, 0.1) is 23.4 Å². The number of nitrogens with one attached hydrogen (secondary N) is 1. The van der Waals surface area contributed by atoms with Gasteiger partial charge < -0.3 is 4.74 Å². The predicted octanol–water partition coefficient (Wildman–Crippen LogP) is 4.30. The van der Waals surface area contributed by atoms with E-state index in [4.69, 9.17) is 11.6 Å². The average Bonchev–Trinajstić information content (AvgIpc) is 3.36. The second kappa shape index (κ2) is 8.62. The van der Waals surface area contributed by atoms with E-state index in [2.05, 4.69) is 14.4 Å². The van der Waals surface area contributed by atoms with Crippen molar-refractivity contribution in [3.8, 4) is 0 Å². The summed E-state index contributed by atoms with van der Waals surface area (Å²) in [5.74, 6) is -0.768. The first-order chi connectivity index (χ1) is 14.8. The van der Waals surface area contributed by atoms with E-state index in [1.54, 1.807) is 0 Å². The highest BCUT2D eigenvalue weighted by molar-refractivity contribution is 7.96. The van der Waals surface area contributed by atoms with Crippen molar-refractivity contribution in [2.45, 2.75) is 19.6 Å². The normalized spacial score (nSPS) is 12.5. The highest BCUT2D eigenvalue weighted by Crippen LogP contribution is 2.36. The fraction of sp³-hybridized carbons (Fsp3) is 0.125. The summed E-state index contributed by atoms with van der Waals surface area (Å²) in [6.07, 6.45) is -4.46. The second-order valence-electron chi connectivity index (χ2n) is 5.85. The third-order valence-corrected chi connectivity index (χ3v) is 10.2. The number of aromatic nitrogens is 1. The molecular formula is C16H10ClF3N2O6S4. The molecule has 0 bridgehead atoms. The second-order valence-corrected chi connectivity index (χ2v) is 12.3. The Kier molecular flexibility index (Phi) is 6.59. The maximum Gasteiger partial charge on any atom is 0.417 e. The van der Waals surface area contributed by atoms with Gasteiger partial charge in [-0.05, 0) is 29.6 Å². The number of sulfone groups is 1. The molecule has 1 N–H and O–H groups in total. The Hall–Kier alpha value is -2.20. The molecule has 0 amide bonds. The Labute approximate surface area is 192 Å². The van der Waals surface area contributed by atoms with E-state index in [-0.39, 0.29) is 10.6 Å². The Morgan fingerprint density at radius 2 is 1.81 bits per heavy atom. The van der Waals surface area contributed by atoms with Crippen molar-refractivity contribution in [2.24, 2.45) is 0 Å². The Balaban J connectivity index is 1.94. The van der Waals surface area contributed by atoms with Crippen molar-refractivity contribution in [2.75, 3.05) is 11.8 Å². The fourth-order valence-electron chi connectivity index (χ4n) is 2.30. The number of pyridine rings is 1. The lowest BCUT2D eigenvalue weighted by molar-refractivity contribution is -0.137. The first kappa shape index (κ1) is 24.4. The van der Waals surface area contributed by atoms with Gasteiger partial charge in [0.25, 0.3) is 10.0 Å². The zero-order valence-electron chi connectivity index (χ0n) is 15.5. The first-order valence-electron chi connectivity index (χ1n) is 8.03. The zero-order valence-corrected chi connectivity index (χ0v) is 19.5. The van der Waals surface area contributed by atoms with Crippen LogP contribution in [0.25, 0.3) is 0 Å². The van der Waals surface area contributed by atoms with Crippen LogP contribution in [0.4, 0.5) is 18.9 Å². The maximum atomic E-state index is 12.8. The number of carbonyl (C=O) groups excluding carboxylic acids is 1. The van der Waals surface area contributed by atoms with E-state index >= 15 is 0 Å². The lowest BCUT2D eigenvalue weighted by Gasteiger charge is -2.09. The first-order valence-corrected chi connectivity index (χ1v) is 13.1. The number of methoxy groups -OCH3 is 1. The van der Waals surface area contributed by atoms with E-state index in [1.165, 1.54) is 11.4 Å². The van der Waals surface area contributed by atoms with Gasteiger partial charge in [-0.3, -0.25) is 4.72 Å². The molecule has 0 fully saturated rings. The number of carbonyl (C=O) groups is 1. The molecule has 3 aromatic heterocycles. The third-order valence-electron chi connectivity index (χ3n) is 3.76. The standard InChI is InChI=1S/C16H10ClF3N2O6S4/c1-28-15(23)13-10(4-5-29-13)22-32(26,27)12-3-2-11(30-12)31(24,25)14-9(17)6-8(7-21-14)16(18,19)20/h2-7,22H,1H3. The summed E-state index contributed by atoms with van der Waals surface area (Å²) in [7, 11) is -7.70. The van der Waals surface area contributed by atoms with Crippen LogP contribution >= 0.6 is 34.3 Å². The monoisotopic (exact) mass is 546 g/mol. The van der Waals surface area contributed by atoms with Crippen LogP contribution in [0.5, 0.6) is 0 Å². The minimum atomic E-state index is -4.78. The zero-order chi connectivity index (χ0) is 23.9. The quantitative estimate of drug-likeness (QED) is 0.458. The van der Waals surface area contributed by atoms with Gasteiger partial charge in [-0.2, -0.15) is 13.2 Å². The molecule has 0 aliphatic heterocycles. The van der Waals surface area contributed by atoms with Crippen molar-refractivity contribution >= 4 is 65.8 Å². The number of nitrogens with zero attached hydrogens (tertiary/aromatic N) is 1. The van der Waals surface area contributed by atoms with Crippen LogP contribution in [-0.2, 0) is 30.8 Å². The SMILES string of the molecule is COC(=O)c1sccc1NS(=O)(=O)c1ccc(S(=O)(=O)c2ncc(C(F)(F)F)cc2Cl)s1. The van der Waals surface area contributed by atoms with Crippen LogP contribution in [0, 0.1) is 0 Å². The lowest BCUT2D eigenvalue weighted by Crippen LogP contribution is -2.13. The summed E-state index contributed by atoms with van der Waals surface area (Å²) in [4.78, 5) is 15.0. The van der Waals surface area contributed by atoms with E-state index in [9.17, 15) is 34.8 Å². The molecule has 0 atom stereocenters. The lowest BCUT2D eigenvalue weighted by atomic mass is 10.3. The van der Waals surface area contributed by atoms with Crippen molar-refractivity contribution in [1.29, 1.82) is 0 Å². The minimum Gasteiger partial charge on any atom is -0.465 e. The van der Waals surface area contributed by atoms with Crippen LogP contribution in [0.2, 0.25) is 5.02 Å². The van der Waals surface area contributed by atoms with Crippen LogP contribution < -0.4 is 4.72 Å². The van der Waals surface area contributed by atoms with Gasteiger partial charge in [0.2, 0.25) is 9.84 Å². The highest BCUT2D eigenvalue weighted by atomic mass is 35.5. The van der Waals surface area contributed by atoms with Gasteiger partial charge in [-0.1, -0.05) is 11.6 Å². The van der Waals surface area contributed by atoms with Gasteiger partial charge in [0.1, 0.15) is 13.3 Å². The number of hydrogen-bond donors (Lipinski definition) is 1. The largest absolute Gasteiger partial charge is 0.465 e. The van der Waals surface area contributed by atoms with Gasteiger partial charge >= 0.3 is 12.1 Å². The molecule has 3 heterocycles. The summed E-state index contributed by atoms with van der Waals surface area (Å²) in [6, 6.07) is 3.69. The molecule has 172 valence electrons. The number of anilines is 1. The van der Waals surface area contributed by atoms with E-state index in [1.807, 2.05) is 0 Å². The summed E-state index contributed by atoms with van der Waals surface area (Å²) < 4.78 is 94.9. The van der Waals surface area contributed by atoms with Gasteiger partial charge in [0, 0.05) is 6.20 Å². The smallest absolute Gasteiger partial charge is 0.417 e. The molecule has 0 aliphatic rings. The van der Waals surface area contributed by atoms with Gasteiger partial charge in [-0.15, -0.1) is 22.7 Å². The number of alkyl halides is 3. The molecule has 16 heteroatoms. The molecule has 0 aromatic carbocycles. The molecule has 3 aromatic rings. The van der Waals surface area contributed by atoms with Crippen LogP contribution in [0.1, 0.15) is 15.2 Å². The molecule has 0 saturated heterocycles. The number of rotatable bonds is 6. The van der Waals surface area contributed by atoms with Crippen molar-refractivity contribution in [3.05, 3.63) is 51.3 Å². The number of thiophene rings is 2. The Morgan fingerprint density at radius 1 is 1.16 bits per heavy atom. The van der Waals surface area contributed by atoms with Crippen LogP contribution in [-0.4, -0.2) is 34.9 Å². The number of esters is 1. The summed E-state index contributed by atoms with van der Waals surface area (Å²) in [5.41, 5.74) is -1.30. The molecule has 0 saturated carbocycles. The van der Waals surface area contributed by atoms with Gasteiger partial charge in [0.15, 0.2) is 5.03 Å². The third kappa shape index (κ3) is 4.76. The van der Waals surface area contributed by atoms with Crippen LogP contribution in [0.3, 0.4) is 0 Å². The summed E-state index contributed by atoms with van der Waals surface area (Å²) in [5, 5.41) is -0.166. The molecule has 32 heavy (non-hydrogen) atoms. The fourth-order valence-corrected chi connectivity index (χ4v) is 7.76. The molecule has 3 rings (SSSR count). The predicted molar refractivity (Wildman–Crippen MR) is 110 cm³/mol. The van der Waals surface area contributed by atoms with Gasteiger partial charge in [-0.25, -0.2) is 26.6 Å². The summed E-state index contributed by atoms with van der Waals surface area (Å²) >= 11 is 6.97. The van der Waals surface area contributed by atoms with Crippen molar-refractivity contribution in [1.82, 2.24) is 4.98 Å². The van der Waals surface area contributed by atoms with Crippen molar-refractivity contribution in [3.63, 3.8) is 0 Å². The molecule has 0 spiro atoms. The minimum absolute atomic E-state index is 0.0128. The average molecular weight is 547 g/mol. The van der Waals surface area contributed by atoms with E-state index in [0.717, 1.165) is 30.6 Å². The molecule has 0 aliphatic carbocycles. The van der Waals surface area contributed by atoms with Crippen LogP contribution in [0.15, 0.2) is 49.3 Å².